The van der Waals surface area contributed by atoms with Gasteiger partial charge in [-0.3, -0.25) is 5.32 Å². The molecule has 39 heavy (non-hydrogen) atoms. The third-order valence-corrected chi connectivity index (χ3v) is 6.38. The maximum Gasteiger partial charge on any atom is 0.408 e. The van der Waals surface area contributed by atoms with E-state index in [1.807, 2.05) is 26.8 Å². The Bertz CT molecular complexity index is 1280. The molecule has 2 heterocycles. The van der Waals surface area contributed by atoms with Crippen LogP contribution in [0.15, 0.2) is 30.3 Å². The van der Waals surface area contributed by atoms with Crippen molar-refractivity contribution >= 4 is 11.6 Å². The van der Waals surface area contributed by atoms with E-state index in [9.17, 15) is 18.7 Å². The van der Waals surface area contributed by atoms with Crippen LogP contribution in [0.3, 0.4) is 0 Å². The van der Waals surface area contributed by atoms with Crippen LogP contribution in [0, 0.1) is 18.6 Å². The zero-order valence-electron chi connectivity index (χ0n) is 23.8. The first kappa shape index (κ1) is 30.3. The van der Waals surface area contributed by atoms with Crippen LogP contribution in [0.2, 0.25) is 0 Å². The second-order valence-electron chi connectivity index (χ2n) is 11.1. The fourth-order valence-corrected chi connectivity index (χ4v) is 4.48. The number of nitrogens with one attached hydrogen (secondary N) is 2. The van der Waals surface area contributed by atoms with Gasteiger partial charge in [-0.2, -0.15) is 5.10 Å². The number of fused-ring (bicyclic) bond motifs is 1. The van der Waals surface area contributed by atoms with E-state index in [1.165, 1.54) is 22.7 Å². The molecule has 0 spiro atoms. The number of alkyl carbamates (subject to hydrolysis) is 1. The monoisotopic (exact) mass is 546 g/mol. The molecule has 0 aliphatic carbocycles. The molecule has 0 saturated heterocycles. The lowest BCUT2D eigenvalue weighted by molar-refractivity contribution is 0.0438. The quantitative estimate of drug-likeness (QED) is 0.266. The highest BCUT2D eigenvalue weighted by molar-refractivity contribution is 5.68. The molecule has 3 N–H and O–H groups in total. The summed E-state index contributed by atoms with van der Waals surface area (Å²) in [6, 6.07) is 7.34. The summed E-state index contributed by atoms with van der Waals surface area (Å²) in [5.41, 5.74) is 1.13. The highest BCUT2D eigenvalue weighted by atomic mass is 19.1. The summed E-state index contributed by atoms with van der Waals surface area (Å²) in [5.74, 6) is -1.08. The average molecular weight is 547 g/mol. The number of rotatable bonds is 11. The summed E-state index contributed by atoms with van der Waals surface area (Å²) in [4.78, 5) is 12.5. The molecule has 0 aliphatic heterocycles. The number of carbonyl (C=O) groups excluding carboxylic acids is 1. The third-order valence-electron chi connectivity index (χ3n) is 6.38. The molecule has 0 fully saturated rings. The highest BCUT2D eigenvalue weighted by Gasteiger charge is 2.30. The number of halogens is 2. The molecule has 0 aliphatic rings. The Morgan fingerprint density at radius 3 is 2.41 bits per heavy atom. The van der Waals surface area contributed by atoms with Crippen molar-refractivity contribution in [2.75, 3.05) is 6.54 Å². The van der Waals surface area contributed by atoms with Gasteiger partial charge in [-0.15, -0.1) is 0 Å². The standard InChI is InChI=1S/C29H40F2N4O4/c1-8-13-29(7,33-27(37)39-28(4,5)6)17-32-26(36)25-18(3)34-35-23(25)14-19(9-2)15-24(35)38-16-20-21(30)11-10-12-22(20)31/h10-12,14-15,26,32,36H,8-9,13,16-17H2,1-7H3,(H,33,37). The number of benzene rings is 1. The minimum atomic E-state index is -1.11. The van der Waals surface area contributed by atoms with E-state index >= 15 is 0 Å². The Morgan fingerprint density at radius 1 is 1.15 bits per heavy atom. The smallest absolute Gasteiger partial charge is 0.408 e. The van der Waals surface area contributed by atoms with Crippen LogP contribution in [0.4, 0.5) is 13.6 Å². The van der Waals surface area contributed by atoms with E-state index in [0.29, 0.717) is 35.5 Å². The van der Waals surface area contributed by atoms with Crippen LogP contribution in [0.25, 0.3) is 5.52 Å². The van der Waals surface area contributed by atoms with Gasteiger partial charge in [0.1, 0.15) is 30.1 Å². The van der Waals surface area contributed by atoms with Gasteiger partial charge in [-0.25, -0.2) is 18.1 Å². The molecule has 3 rings (SSSR count). The summed E-state index contributed by atoms with van der Waals surface area (Å²) in [5, 5.41) is 21.8. The first-order valence-electron chi connectivity index (χ1n) is 13.3. The van der Waals surface area contributed by atoms with E-state index < -0.39 is 35.1 Å². The van der Waals surface area contributed by atoms with Crippen LogP contribution in [-0.2, 0) is 17.8 Å². The molecule has 1 aromatic carbocycles. The zero-order chi connectivity index (χ0) is 29.0. The number of amides is 1. The van der Waals surface area contributed by atoms with Crippen LogP contribution in [-0.4, -0.2) is 38.5 Å². The van der Waals surface area contributed by atoms with Gasteiger partial charge in [-0.1, -0.05) is 26.3 Å². The van der Waals surface area contributed by atoms with Crippen LogP contribution in [0.5, 0.6) is 5.88 Å². The van der Waals surface area contributed by atoms with Gasteiger partial charge in [0.25, 0.3) is 0 Å². The predicted octanol–water partition coefficient (Wildman–Crippen LogP) is 5.73. The van der Waals surface area contributed by atoms with Gasteiger partial charge in [0.15, 0.2) is 0 Å². The van der Waals surface area contributed by atoms with Gasteiger partial charge in [0.05, 0.1) is 22.3 Å². The van der Waals surface area contributed by atoms with Gasteiger partial charge in [0.2, 0.25) is 5.88 Å². The molecule has 8 nitrogen and oxygen atoms in total. The van der Waals surface area contributed by atoms with Crippen LogP contribution in [0.1, 0.15) is 83.0 Å². The number of aliphatic hydroxyl groups excluding tert-OH is 1. The molecule has 10 heteroatoms. The highest BCUT2D eigenvalue weighted by Crippen LogP contribution is 2.29. The predicted molar refractivity (Wildman–Crippen MR) is 146 cm³/mol. The first-order chi connectivity index (χ1) is 18.3. The number of aryl methyl sites for hydroxylation is 2. The number of hydrogen-bond acceptors (Lipinski definition) is 6. The number of aliphatic hydroxyl groups is 1. The van der Waals surface area contributed by atoms with Crippen molar-refractivity contribution in [3.8, 4) is 5.88 Å². The van der Waals surface area contributed by atoms with Crippen molar-refractivity contribution in [1.82, 2.24) is 20.2 Å². The minimum absolute atomic E-state index is 0.175. The van der Waals surface area contributed by atoms with Gasteiger partial charge in [0, 0.05) is 18.2 Å². The Labute approximate surface area is 228 Å². The van der Waals surface area contributed by atoms with E-state index in [2.05, 4.69) is 15.7 Å². The fourth-order valence-electron chi connectivity index (χ4n) is 4.48. The van der Waals surface area contributed by atoms with E-state index in [0.717, 1.165) is 12.0 Å². The summed E-state index contributed by atoms with van der Waals surface area (Å²) in [6.07, 6.45) is 0.501. The van der Waals surface area contributed by atoms with Crippen molar-refractivity contribution in [2.24, 2.45) is 0 Å². The minimum Gasteiger partial charge on any atom is -0.473 e. The summed E-state index contributed by atoms with van der Waals surface area (Å²) in [6.45, 7) is 13.0. The normalized spacial score (nSPS) is 14.2. The molecular formula is C29H40F2N4O4. The largest absolute Gasteiger partial charge is 0.473 e. The molecule has 2 unspecified atom stereocenters. The second-order valence-corrected chi connectivity index (χ2v) is 11.1. The Morgan fingerprint density at radius 2 is 1.82 bits per heavy atom. The Kier molecular flexibility index (Phi) is 9.55. The van der Waals surface area contributed by atoms with Gasteiger partial charge < -0.3 is 19.9 Å². The summed E-state index contributed by atoms with van der Waals surface area (Å²) < 4.78 is 41.1. The average Bonchev–Trinajstić information content (AvgIpc) is 3.16. The molecule has 1 amide bonds. The number of nitrogens with zero attached hydrogens (tertiary/aromatic N) is 2. The number of aromatic nitrogens is 2. The molecular weight excluding hydrogens is 506 g/mol. The lowest BCUT2D eigenvalue weighted by Gasteiger charge is -2.33. The van der Waals surface area contributed by atoms with Crippen molar-refractivity contribution in [2.45, 2.75) is 91.7 Å². The lowest BCUT2D eigenvalue weighted by atomic mass is 9.96. The molecule has 214 valence electrons. The lowest BCUT2D eigenvalue weighted by Crippen LogP contribution is -2.54. The zero-order valence-corrected chi connectivity index (χ0v) is 23.8. The fraction of sp³-hybridized carbons (Fsp3) is 0.517. The maximum absolute atomic E-state index is 14.2. The van der Waals surface area contributed by atoms with Gasteiger partial charge >= 0.3 is 6.09 Å². The number of carbonyl (C=O) groups is 1. The van der Waals surface area contributed by atoms with E-state index in [1.54, 1.807) is 33.8 Å². The molecule has 3 aromatic rings. The topological polar surface area (TPSA) is 97.1 Å². The summed E-state index contributed by atoms with van der Waals surface area (Å²) >= 11 is 0. The van der Waals surface area contributed by atoms with Gasteiger partial charge in [-0.05, 0) is 71.2 Å². The Balaban J connectivity index is 1.86. The maximum atomic E-state index is 14.2. The summed E-state index contributed by atoms with van der Waals surface area (Å²) in [7, 11) is 0. The number of pyridine rings is 1. The first-order valence-corrected chi connectivity index (χ1v) is 13.3. The van der Waals surface area contributed by atoms with Crippen molar-refractivity contribution < 1.29 is 28.2 Å². The van der Waals surface area contributed by atoms with Crippen molar-refractivity contribution in [1.29, 1.82) is 0 Å². The van der Waals surface area contributed by atoms with E-state index in [4.69, 9.17) is 9.47 Å². The SMILES string of the molecule is CCCC(C)(CNC(O)c1c(C)nn2c(OCc3c(F)cccc3F)cc(CC)cc12)NC(=O)OC(C)(C)C. The molecule has 0 saturated carbocycles. The van der Waals surface area contributed by atoms with Crippen molar-refractivity contribution in [3.63, 3.8) is 0 Å². The molecule has 2 atom stereocenters. The molecule has 0 radical (unpaired) electrons. The van der Waals surface area contributed by atoms with Crippen LogP contribution < -0.4 is 15.4 Å². The van der Waals surface area contributed by atoms with E-state index in [-0.39, 0.29) is 18.7 Å². The van der Waals surface area contributed by atoms with Crippen LogP contribution >= 0.6 is 0 Å². The molecule has 0 bridgehead atoms. The second kappa shape index (κ2) is 12.3. The Hall–Kier alpha value is -3.24. The van der Waals surface area contributed by atoms with Crippen molar-refractivity contribution in [3.05, 3.63) is 64.4 Å². The molecule has 2 aromatic heterocycles. The third kappa shape index (κ3) is 7.67. The number of ether oxygens (including phenoxy) is 2. The number of hydrogen-bond donors (Lipinski definition) is 3.